The summed E-state index contributed by atoms with van der Waals surface area (Å²) in [6.45, 7) is 5.42. The molecule has 2 rings (SSSR count). The number of carbonyl (C=O) groups excluding carboxylic acids is 1. The minimum atomic E-state index is -3.32. The fourth-order valence-corrected chi connectivity index (χ4v) is 2.97. The van der Waals surface area contributed by atoms with E-state index in [-0.39, 0.29) is 17.7 Å². The molecule has 0 saturated carbocycles. The van der Waals surface area contributed by atoms with E-state index in [1.54, 1.807) is 31.2 Å². The number of aryl methyl sites for hydroxylation is 1. The molecule has 1 heterocycles. The van der Waals surface area contributed by atoms with Gasteiger partial charge in [0, 0.05) is 35.1 Å². The summed E-state index contributed by atoms with van der Waals surface area (Å²) < 4.78 is 25.5. The molecule has 6 nitrogen and oxygen atoms in total. The number of anilines is 1. The molecular weight excluding hydrogens is 338 g/mol. The van der Waals surface area contributed by atoms with Gasteiger partial charge in [0.2, 0.25) is 10.0 Å². The zero-order valence-corrected chi connectivity index (χ0v) is 15.4. The Bertz CT molecular complexity index is 833. The van der Waals surface area contributed by atoms with Crippen molar-refractivity contribution in [2.75, 3.05) is 10.5 Å². The fourth-order valence-electron chi connectivity index (χ4n) is 2.33. The molecule has 2 N–H and O–H groups in total. The lowest BCUT2D eigenvalue weighted by molar-refractivity contribution is 0.0940. The van der Waals surface area contributed by atoms with Crippen LogP contribution in [0.2, 0.25) is 0 Å². The number of aromatic nitrogens is 1. The second-order valence-electron chi connectivity index (χ2n) is 5.93. The first-order valence-corrected chi connectivity index (χ1v) is 9.78. The Morgan fingerprint density at radius 3 is 2.44 bits per heavy atom. The van der Waals surface area contributed by atoms with Crippen LogP contribution < -0.4 is 10.0 Å². The lowest BCUT2D eigenvalue weighted by Gasteiger charge is -2.14. The number of amides is 1. The third kappa shape index (κ3) is 5.86. The van der Waals surface area contributed by atoms with E-state index in [0.29, 0.717) is 17.7 Å². The van der Waals surface area contributed by atoms with Gasteiger partial charge in [-0.2, -0.15) is 0 Å². The number of nitrogens with zero attached hydrogens (tertiary/aromatic N) is 1. The highest BCUT2D eigenvalue weighted by atomic mass is 32.2. The van der Waals surface area contributed by atoms with Gasteiger partial charge in [-0.1, -0.05) is 6.07 Å². The summed E-state index contributed by atoms with van der Waals surface area (Å²) in [6, 6.07) is 12.1. The van der Waals surface area contributed by atoms with Crippen LogP contribution in [-0.2, 0) is 16.4 Å². The van der Waals surface area contributed by atoms with Crippen molar-refractivity contribution in [3.8, 4) is 0 Å². The molecule has 134 valence electrons. The number of rotatable bonds is 7. The highest BCUT2D eigenvalue weighted by molar-refractivity contribution is 7.92. The molecule has 0 bridgehead atoms. The van der Waals surface area contributed by atoms with Crippen LogP contribution in [0.1, 0.15) is 35.6 Å². The highest BCUT2D eigenvalue weighted by Gasteiger charge is 2.12. The Hall–Kier alpha value is -2.41. The van der Waals surface area contributed by atoms with Crippen LogP contribution in [0.25, 0.3) is 0 Å². The summed E-state index contributed by atoms with van der Waals surface area (Å²) in [5, 5.41) is 2.93. The quantitative estimate of drug-likeness (QED) is 0.793. The second kappa shape index (κ2) is 8.11. The fraction of sp³-hybridized carbons (Fsp3) is 0.333. The van der Waals surface area contributed by atoms with Crippen LogP contribution in [0.5, 0.6) is 0 Å². The Morgan fingerprint density at radius 1 is 1.16 bits per heavy atom. The van der Waals surface area contributed by atoms with Gasteiger partial charge in [0.1, 0.15) is 0 Å². The number of sulfonamides is 1. The van der Waals surface area contributed by atoms with Crippen molar-refractivity contribution < 1.29 is 13.2 Å². The van der Waals surface area contributed by atoms with Crippen LogP contribution in [0.4, 0.5) is 5.69 Å². The van der Waals surface area contributed by atoms with Crippen molar-refractivity contribution in [3.63, 3.8) is 0 Å². The smallest absolute Gasteiger partial charge is 0.251 e. The molecule has 0 spiro atoms. The van der Waals surface area contributed by atoms with Crippen LogP contribution in [0.3, 0.4) is 0 Å². The number of carbonyl (C=O) groups is 1. The lowest BCUT2D eigenvalue weighted by atomic mass is 10.1. The summed E-state index contributed by atoms with van der Waals surface area (Å²) >= 11 is 0. The molecule has 7 heteroatoms. The van der Waals surface area contributed by atoms with Crippen molar-refractivity contribution in [3.05, 3.63) is 59.4 Å². The average molecular weight is 361 g/mol. The van der Waals surface area contributed by atoms with E-state index >= 15 is 0 Å². The molecule has 0 radical (unpaired) electrons. The third-order valence-electron chi connectivity index (χ3n) is 3.64. The molecule has 0 aliphatic heterocycles. The first kappa shape index (κ1) is 18.9. The molecule has 1 atom stereocenters. The molecule has 0 aliphatic rings. The molecule has 25 heavy (non-hydrogen) atoms. The highest BCUT2D eigenvalue weighted by Crippen LogP contribution is 2.12. The number of hydrogen-bond donors (Lipinski definition) is 2. The monoisotopic (exact) mass is 361 g/mol. The van der Waals surface area contributed by atoms with Crippen molar-refractivity contribution >= 4 is 21.6 Å². The average Bonchev–Trinajstić information content (AvgIpc) is 2.55. The predicted octanol–water partition coefficient (Wildman–Crippen LogP) is 2.51. The zero-order valence-electron chi connectivity index (χ0n) is 14.6. The molecule has 1 aromatic carbocycles. The summed E-state index contributed by atoms with van der Waals surface area (Å²) in [4.78, 5) is 16.7. The van der Waals surface area contributed by atoms with Crippen LogP contribution in [0.15, 0.2) is 42.5 Å². The molecule has 0 fully saturated rings. The van der Waals surface area contributed by atoms with Gasteiger partial charge in [0.25, 0.3) is 5.91 Å². The van der Waals surface area contributed by atoms with Crippen molar-refractivity contribution in [1.82, 2.24) is 10.3 Å². The third-order valence-corrected chi connectivity index (χ3v) is 4.95. The van der Waals surface area contributed by atoms with Gasteiger partial charge < -0.3 is 5.32 Å². The molecule has 0 saturated heterocycles. The van der Waals surface area contributed by atoms with Crippen molar-refractivity contribution in [2.24, 2.45) is 0 Å². The van der Waals surface area contributed by atoms with E-state index in [0.717, 1.165) is 11.4 Å². The van der Waals surface area contributed by atoms with Crippen LogP contribution in [0, 0.1) is 6.92 Å². The maximum Gasteiger partial charge on any atom is 0.251 e. The van der Waals surface area contributed by atoms with E-state index < -0.39 is 10.0 Å². The second-order valence-corrected chi connectivity index (χ2v) is 7.94. The topological polar surface area (TPSA) is 88.2 Å². The van der Waals surface area contributed by atoms with Crippen molar-refractivity contribution in [2.45, 2.75) is 33.2 Å². The molecular formula is C18H23N3O3S. The summed E-state index contributed by atoms with van der Waals surface area (Å²) in [5.74, 6) is -0.204. The predicted molar refractivity (Wildman–Crippen MR) is 99.1 cm³/mol. The van der Waals surface area contributed by atoms with Gasteiger partial charge in [0.15, 0.2) is 0 Å². The first-order chi connectivity index (χ1) is 11.8. The molecule has 1 amide bonds. The molecule has 0 aliphatic carbocycles. The van der Waals surface area contributed by atoms with Crippen LogP contribution >= 0.6 is 0 Å². The van der Waals surface area contributed by atoms with E-state index in [4.69, 9.17) is 0 Å². The lowest BCUT2D eigenvalue weighted by Crippen LogP contribution is -2.34. The minimum absolute atomic E-state index is 0.000250. The summed E-state index contributed by atoms with van der Waals surface area (Å²) in [7, 11) is -3.32. The van der Waals surface area contributed by atoms with Crippen molar-refractivity contribution in [1.29, 1.82) is 0 Å². The summed E-state index contributed by atoms with van der Waals surface area (Å²) in [5.41, 5.74) is 2.79. The van der Waals surface area contributed by atoms with E-state index in [1.165, 1.54) is 0 Å². The Kier molecular flexibility index (Phi) is 6.14. The maximum atomic E-state index is 12.3. The Morgan fingerprint density at radius 2 is 1.84 bits per heavy atom. The summed E-state index contributed by atoms with van der Waals surface area (Å²) in [6.07, 6.45) is 0.641. The van der Waals surface area contributed by atoms with Gasteiger partial charge >= 0.3 is 0 Å². The number of benzene rings is 1. The van der Waals surface area contributed by atoms with Gasteiger partial charge in [-0.25, -0.2) is 8.42 Å². The van der Waals surface area contributed by atoms with Crippen LogP contribution in [-0.4, -0.2) is 31.1 Å². The van der Waals surface area contributed by atoms with Gasteiger partial charge in [-0.05, 0) is 57.2 Å². The number of hydrogen-bond acceptors (Lipinski definition) is 4. The SMILES string of the molecule is CCS(=O)(=O)Nc1ccc(C(=O)NC(C)Cc2cccc(C)n2)cc1. The Labute approximate surface area is 148 Å². The maximum absolute atomic E-state index is 12.3. The Balaban J connectivity index is 1.96. The number of nitrogens with one attached hydrogen (secondary N) is 2. The standard InChI is InChI=1S/C18H23N3O3S/c1-4-25(23,24)21-16-10-8-15(9-11-16)18(22)20-14(3)12-17-7-5-6-13(2)19-17/h5-11,14,21H,4,12H2,1-3H3,(H,20,22). The van der Waals surface area contributed by atoms with Gasteiger partial charge in [-0.15, -0.1) is 0 Å². The molecule has 2 aromatic rings. The van der Waals surface area contributed by atoms with E-state index in [9.17, 15) is 13.2 Å². The molecule has 1 unspecified atom stereocenters. The zero-order chi connectivity index (χ0) is 18.4. The van der Waals surface area contributed by atoms with E-state index in [1.807, 2.05) is 32.0 Å². The first-order valence-electron chi connectivity index (χ1n) is 8.13. The minimum Gasteiger partial charge on any atom is -0.349 e. The molecule has 1 aromatic heterocycles. The number of pyridine rings is 1. The van der Waals surface area contributed by atoms with Gasteiger partial charge in [-0.3, -0.25) is 14.5 Å². The van der Waals surface area contributed by atoms with E-state index in [2.05, 4.69) is 15.0 Å². The largest absolute Gasteiger partial charge is 0.349 e. The normalized spacial score (nSPS) is 12.4. The van der Waals surface area contributed by atoms with Gasteiger partial charge in [0.05, 0.1) is 5.75 Å².